The maximum absolute atomic E-state index is 11.9. The van der Waals surface area contributed by atoms with Gasteiger partial charge in [-0.1, -0.05) is 6.07 Å². The Morgan fingerprint density at radius 3 is 2.61 bits per heavy atom. The van der Waals surface area contributed by atoms with Crippen LogP contribution in [-0.4, -0.2) is 29.1 Å². The first-order valence-corrected chi connectivity index (χ1v) is 5.65. The molecule has 0 spiro atoms. The minimum Gasteiger partial charge on any atom is -0.494 e. The Morgan fingerprint density at radius 2 is 2.06 bits per heavy atom. The van der Waals surface area contributed by atoms with E-state index in [0.29, 0.717) is 17.9 Å². The number of carbonyl (C=O) groups excluding carboxylic acids is 1. The Bertz CT molecular complexity index is 454. The van der Waals surface area contributed by atoms with Gasteiger partial charge >= 0.3 is 5.97 Å². The molecule has 0 saturated heterocycles. The normalized spacial score (nSPS) is 10.8. The van der Waals surface area contributed by atoms with Gasteiger partial charge in [0.05, 0.1) is 6.61 Å². The van der Waals surface area contributed by atoms with Gasteiger partial charge in [0.15, 0.2) is 0 Å². The predicted octanol–water partition coefficient (Wildman–Crippen LogP) is 1.68. The molecule has 0 aromatic heterocycles. The summed E-state index contributed by atoms with van der Waals surface area (Å²) >= 11 is 0. The SMILES string of the molecule is CCOc1cccc(C(=O)NC(C)(C)C(=O)O)c1. The van der Waals surface area contributed by atoms with Gasteiger partial charge in [0, 0.05) is 5.56 Å². The van der Waals surface area contributed by atoms with Crippen molar-refractivity contribution in [3.8, 4) is 5.75 Å². The van der Waals surface area contributed by atoms with Crippen molar-refractivity contribution in [3.63, 3.8) is 0 Å². The fourth-order valence-corrected chi connectivity index (χ4v) is 1.30. The van der Waals surface area contributed by atoms with E-state index in [9.17, 15) is 9.59 Å². The topological polar surface area (TPSA) is 75.6 Å². The van der Waals surface area contributed by atoms with E-state index in [-0.39, 0.29) is 0 Å². The van der Waals surface area contributed by atoms with Crippen LogP contribution in [0.25, 0.3) is 0 Å². The molecule has 0 saturated carbocycles. The zero-order valence-corrected chi connectivity index (χ0v) is 10.7. The molecule has 0 atom stereocenters. The highest BCUT2D eigenvalue weighted by molar-refractivity contribution is 5.97. The van der Waals surface area contributed by atoms with Crippen LogP contribution in [0.4, 0.5) is 0 Å². The molecule has 18 heavy (non-hydrogen) atoms. The molecule has 1 aromatic rings. The summed E-state index contributed by atoms with van der Waals surface area (Å²) in [6.45, 7) is 5.21. The third-order valence-corrected chi connectivity index (χ3v) is 2.37. The maximum Gasteiger partial charge on any atom is 0.328 e. The molecule has 1 aromatic carbocycles. The predicted molar refractivity (Wildman–Crippen MR) is 66.8 cm³/mol. The highest BCUT2D eigenvalue weighted by Crippen LogP contribution is 2.14. The summed E-state index contributed by atoms with van der Waals surface area (Å²) in [5, 5.41) is 11.4. The molecule has 5 nitrogen and oxygen atoms in total. The molecule has 0 bridgehead atoms. The summed E-state index contributed by atoms with van der Waals surface area (Å²) in [7, 11) is 0. The van der Waals surface area contributed by atoms with Crippen molar-refractivity contribution in [2.75, 3.05) is 6.61 Å². The first-order chi connectivity index (χ1) is 8.36. The van der Waals surface area contributed by atoms with Crippen molar-refractivity contribution in [1.29, 1.82) is 0 Å². The summed E-state index contributed by atoms with van der Waals surface area (Å²) < 4.78 is 5.28. The molecular formula is C13H17NO4. The lowest BCUT2D eigenvalue weighted by atomic mass is 10.1. The lowest BCUT2D eigenvalue weighted by Gasteiger charge is -2.21. The summed E-state index contributed by atoms with van der Waals surface area (Å²) in [6, 6.07) is 6.61. The van der Waals surface area contributed by atoms with Gasteiger partial charge < -0.3 is 15.2 Å². The molecule has 1 rings (SSSR count). The molecule has 98 valence electrons. The number of carboxylic acids is 1. The molecule has 1 amide bonds. The number of carboxylic acid groups (broad SMARTS) is 1. The van der Waals surface area contributed by atoms with E-state index in [1.807, 2.05) is 6.92 Å². The molecule has 0 aliphatic heterocycles. The molecular weight excluding hydrogens is 234 g/mol. The van der Waals surface area contributed by atoms with Crippen LogP contribution >= 0.6 is 0 Å². The van der Waals surface area contributed by atoms with Crippen LogP contribution in [0.2, 0.25) is 0 Å². The van der Waals surface area contributed by atoms with Crippen LogP contribution in [0.1, 0.15) is 31.1 Å². The van der Waals surface area contributed by atoms with Gasteiger partial charge in [0.25, 0.3) is 5.91 Å². The number of nitrogens with one attached hydrogen (secondary N) is 1. The monoisotopic (exact) mass is 251 g/mol. The number of rotatable bonds is 5. The summed E-state index contributed by atoms with van der Waals surface area (Å²) in [6.07, 6.45) is 0. The average Bonchev–Trinajstić information content (AvgIpc) is 2.29. The Labute approximate surface area is 106 Å². The molecule has 2 N–H and O–H groups in total. The highest BCUT2D eigenvalue weighted by Gasteiger charge is 2.29. The molecule has 0 aliphatic carbocycles. The van der Waals surface area contributed by atoms with E-state index < -0.39 is 17.4 Å². The van der Waals surface area contributed by atoms with Gasteiger partial charge in [-0.3, -0.25) is 4.79 Å². The van der Waals surface area contributed by atoms with Crippen molar-refractivity contribution in [2.45, 2.75) is 26.3 Å². The van der Waals surface area contributed by atoms with Crippen LogP contribution in [-0.2, 0) is 4.79 Å². The Morgan fingerprint density at radius 1 is 1.39 bits per heavy atom. The van der Waals surface area contributed by atoms with Crippen molar-refractivity contribution >= 4 is 11.9 Å². The van der Waals surface area contributed by atoms with Crippen molar-refractivity contribution in [1.82, 2.24) is 5.32 Å². The standard InChI is InChI=1S/C13H17NO4/c1-4-18-10-7-5-6-9(8-10)11(15)14-13(2,3)12(16)17/h5-8H,4H2,1-3H3,(H,14,15)(H,16,17). The van der Waals surface area contributed by atoms with Crippen LogP contribution in [0, 0.1) is 0 Å². The zero-order valence-electron chi connectivity index (χ0n) is 10.7. The molecule has 0 fully saturated rings. The zero-order chi connectivity index (χ0) is 13.8. The summed E-state index contributed by atoms with van der Waals surface area (Å²) in [5.41, 5.74) is -0.936. The second-order valence-corrected chi connectivity index (χ2v) is 4.35. The molecule has 0 aliphatic rings. The highest BCUT2D eigenvalue weighted by atomic mass is 16.5. The van der Waals surface area contributed by atoms with Crippen molar-refractivity contribution in [2.24, 2.45) is 0 Å². The van der Waals surface area contributed by atoms with Gasteiger partial charge in [-0.05, 0) is 39.0 Å². The number of amides is 1. The number of benzene rings is 1. The minimum absolute atomic E-state index is 0.371. The van der Waals surface area contributed by atoms with Gasteiger partial charge in [-0.15, -0.1) is 0 Å². The fraction of sp³-hybridized carbons (Fsp3) is 0.385. The lowest BCUT2D eigenvalue weighted by molar-refractivity contribution is -0.143. The van der Waals surface area contributed by atoms with Gasteiger partial charge in [-0.2, -0.15) is 0 Å². The number of hydrogen-bond donors (Lipinski definition) is 2. The van der Waals surface area contributed by atoms with E-state index in [1.54, 1.807) is 24.3 Å². The van der Waals surface area contributed by atoms with Crippen LogP contribution < -0.4 is 10.1 Å². The molecule has 0 heterocycles. The van der Waals surface area contributed by atoms with E-state index in [0.717, 1.165) is 0 Å². The van der Waals surface area contributed by atoms with Crippen LogP contribution in [0.15, 0.2) is 24.3 Å². The molecule has 5 heteroatoms. The van der Waals surface area contributed by atoms with Gasteiger partial charge in [0.1, 0.15) is 11.3 Å². The van der Waals surface area contributed by atoms with Crippen LogP contribution in [0.3, 0.4) is 0 Å². The third kappa shape index (κ3) is 3.48. The van der Waals surface area contributed by atoms with E-state index >= 15 is 0 Å². The lowest BCUT2D eigenvalue weighted by Crippen LogP contribution is -2.49. The minimum atomic E-state index is -1.31. The number of ether oxygens (including phenoxy) is 1. The van der Waals surface area contributed by atoms with Gasteiger partial charge in [0.2, 0.25) is 0 Å². The van der Waals surface area contributed by atoms with Gasteiger partial charge in [-0.25, -0.2) is 4.79 Å². The van der Waals surface area contributed by atoms with E-state index in [2.05, 4.69) is 5.32 Å². The number of carbonyl (C=O) groups is 2. The first kappa shape index (κ1) is 14.0. The van der Waals surface area contributed by atoms with Crippen molar-refractivity contribution < 1.29 is 19.4 Å². The maximum atomic E-state index is 11.9. The first-order valence-electron chi connectivity index (χ1n) is 5.65. The number of aliphatic carboxylic acids is 1. The number of hydrogen-bond acceptors (Lipinski definition) is 3. The second-order valence-electron chi connectivity index (χ2n) is 4.35. The summed E-state index contributed by atoms with van der Waals surface area (Å²) in [5.74, 6) is -0.945. The quantitative estimate of drug-likeness (QED) is 0.834. The second kappa shape index (κ2) is 5.53. The summed E-state index contributed by atoms with van der Waals surface area (Å²) in [4.78, 5) is 22.8. The molecule has 0 radical (unpaired) electrons. The Balaban J connectivity index is 2.84. The van der Waals surface area contributed by atoms with E-state index in [1.165, 1.54) is 13.8 Å². The Hall–Kier alpha value is -2.04. The average molecular weight is 251 g/mol. The Kier molecular flexibility index (Phi) is 4.31. The smallest absolute Gasteiger partial charge is 0.328 e. The van der Waals surface area contributed by atoms with E-state index in [4.69, 9.17) is 9.84 Å². The third-order valence-electron chi connectivity index (χ3n) is 2.37. The fourth-order valence-electron chi connectivity index (χ4n) is 1.30. The largest absolute Gasteiger partial charge is 0.494 e. The van der Waals surface area contributed by atoms with Crippen molar-refractivity contribution in [3.05, 3.63) is 29.8 Å². The molecule has 0 unspecified atom stereocenters. The van der Waals surface area contributed by atoms with Crippen LogP contribution in [0.5, 0.6) is 5.75 Å².